The summed E-state index contributed by atoms with van der Waals surface area (Å²) in [7, 11) is -3.28. The number of likely N-dealkylation sites (tertiary alicyclic amines) is 1. The molecule has 6 nitrogen and oxygen atoms in total. The zero-order valence-corrected chi connectivity index (χ0v) is 15.7. The van der Waals surface area contributed by atoms with Gasteiger partial charge in [-0.1, -0.05) is 17.7 Å². The molecule has 1 aromatic rings. The molecule has 1 atom stereocenters. The molecule has 1 aromatic heterocycles. The summed E-state index contributed by atoms with van der Waals surface area (Å²) in [5.41, 5.74) is 0.0597. The summed E-state index contributed by atoms with van der Waals surface area (Å²) < 4.78 is 30.0. The first-order chi connectivity index (χ1) is 11.0. The van der Waals surface area contributed by atoms with E-state index in [9.17, 15) is 13.2 Å². The molecule has 0 N–H and O–H groups in total. The quantitative estimate of drug-likeness (QED) is 0.757. The van der Waals surface area contributed by atoms with Gasteiger partial charge in [0.25, 0.3) is 0 Å². The normalized spacial score (nSPS) is 18.7. The Morgan fingerprint density at radius 3 is 2.71 bits per heavy atom. The molecule has 1 aliphatic heterocycles. The van der Waals surface area contributed by atoms with E-state index in [1.807, 2.05) is 20.8 Å². The lowest BCUT2D eigenvalue weighted by atomic mass is 10.2. The zero-order valence-electron chi connectivity index (χ0n) is 14.2. The second-order valence-corrected chi connectivity index (χ2v) is 9.62. The molecule has 1 fully saturated rings. The SMILES string of the molecule is CC(C)(C)OC(=O)N1CC[C@H](CS(=O)(=O)Cc2ccc(Cl)nc2)C1. The maximum Gasteiger partial charge on any atom is 0.410 e. The molecule has 0 bridgehead atoms. The van der Waals surface area contributed by atoms with Gasteiger partial charge >= 0.3 is 6.09 Å². The fraction of sp³-hybridized carbons (Fsp3) is 0.625. The lowest BCUT2D eigenvalue weighted by Gasteiger charge is -2.24. The Bertz CT molecular complexity index is 683. The van der Waals surface area contributed by atoms with Crippen LogP contribution in [0.25, 0.3) is 0 Å². The number of halogens is 1. The number of amides is 1. The van der Waals surface area contributed by atoms with Crippen molar-refractivity contribution in [3.05, 3.63) is 29.0 Å². The predicted molar refractivity (Wildman–Crippen MR) is 92.7 cm³/mol. The van der Waals surface area contributed by atoms with E-state index in [0.717, 1.165) is 0 Å². The largest absolute Gasteiger partial charge is 0.444 e. The van der Waals surface area contributed by atoms with Gasteiger partial charge in [-0.05, 0) is 44.7 Å². The zero-order chi connectivity index (χ0) is 18.0. The summed E-state index contributed by atoms with van der Waals surface area (Å²) in [6, 6.07) is 3.24. The first kappa shape index (κ1) is 19.0. The smallest absolute Gasteiger partial charge is 0.410 e. The van der Waals surface area contributed by atoms with Crippen molar-refractivity contribution in [3.8, 4) is 0 Å². The topological polar surface area (TPSA) is 76.6 Å². The minimum absolute atomic E-state index is 0.0505. The van der Waals surface area contributed by atoms with Gasteiger partial charge in [0.15, 0.2) is 9.84 Å². The van der Waals surface area contributed by atoms with Crippen LogP contribution in [0.5, 0.6) is 0 Å². The van der Waals surface area contributed by atoms with E-state index >= 15 is 0 Å². The third kappa shape index (κ3) is 5.94. The fourth-order valence-corrected chi connectivity index (χ4v) is 4.52. The van der Waals surface area contributed by atoms with E-state index in [-0.39, 0.29) is 23.5 Å². The van der Waals surface area contributed by atoms with E-state index < -0.39 is 15.4 Å². The Kier molecular flexibility index (Phi) is 5.75. The van der Waals surface area contributed by atoms with Crippen molar-refractivity contribution in [2.45, 2.75) is 38.5 Å². The van der Waals surface area contributed by atoms with Crippen molar-refractivity contribution < 1.29 is 17.9 Å². The van der Waals surface area contributed by atoms with Gasteiger partial charge in [0, 0.05) is 19.3 Å². The van der Waals surface area contributed by atoms with Crippen LogP contribution in [-0.2, 0) is 20.3 Å². The lowest BCUT2D eigenvalue weighted by molar-refractivity contribution is 0.0289. The standard InChI is InChI=1S/C16H23ClN2O4S/c1-16(2,3)23-15(20)19-7-6-13(9-19)11-24(21,22)10-12-4-5-14(17)18-8-12/h4-5,8,13H,6-7,9-11H2,1-3H3/t13-/m0/s1. The number of aromatic nitrogens is 1. The van der Waals surface area contributed by atoms with Crippen molar-refractivity contribution in [1.82, 2.24) is 9.88 Å². The third-order valence-corrected chi connectivity index (χ3v) is 5.58. The van der Waals surface area contributed by atoms with Gasteiger partial charge in [-0.3, -0.25) is 0 Å². The average molecular weight is 375 g/mol. The van der Waals surface area contributed by atoms with Crippen LogP contribution in [0.1, 0.15) is 32.8 Å². The van der Waals surface area contributed by atoms with Crippen LogP contribution in [0.4, 0.5) is 4.79 Å². The molecule has 0 aromatic carbocycles. The average Bonchev–Trinajstić information content (AvgIpc) is 2.87. The molecule has 2 rings (SSSR count). The van der Waals surface area contributed by atoms with E-state index in [2.05, 4.69) is 4.98 Å². The highest BCUT2D eigenvalue weighted by Crippen LogP contribution is 2.22. The van der Waals surface area contributed by atoms with Crippen LogP contribution in [0.3, 0.4) is 0 Å². The van der Waals surface area contributed by atoms with Crippen molar-refractivity contribution in [1.29, 1.82) is 0 Å². The summed E-state index contributed by atoms with van der Waals surface area (Å²) in [5, 5.41) is 0.333. The monoisotopic (exact) mass is 374 g/mol. The third-order valence-electron chi connectivity index (χ3n) is 3.60. The van der Waals surface area contributed by atoms with E-state index in [1.165, 1.54) is 6.20 Å². The first-order valence-corrected chi connectivity index (χ1v) is 10.0. The van der Waals surface area contributed by atoms with Gasteiger partial charge in [0.1, 0.15) is 10.8 Å². The van der Waals surface area contributed by atoms with E-state index in [0.29, 0.717) is 30.2 Å². The number of pyridine rings is 1. The molecule has 134 valence electrons. The molecule has 1 aliphatic rings. The van der Waals surface area contributed by atoms with Crippen LogP contribution in [0, 0.1) is 5.92 Å². The van der Waals surface area contributed by atoms with Gasteiger partial charge < -0.3 is 9.64 Å². The maximum absolute atomic E-state index is 12.4. The van der Waals surface area contributed by atoms with Gasteiger partial charge in [-0.25, -0.2) is 18.2 Å². The fourth-order valence-electron chi connectivity index (χ4n) is 2.62. The number of ether oxygens (including phenoxy) is 1. The number of hydrogen-bond acceptors (Lipinski definition) is 5. The molecule has 0 unspecified atom stereocenters. The lowest BCUT2D eigenvalue weighted by Crippen LogP contribution is -2.35. The number of carbonyl (C=O) groups excluding carboxylic acids is 1. The van der Waals surface area contributed by atoms with Crippen molar-refractivity contribution in [2.24, 2.45) is 5.92 Å². The highest BCUT2D eigenvalue weighted by atomic mass is 35.5. The highest BCUT2D eigenvalue weighted by molar-refractivity contribution is 7.90. The second-order valence-electron chi connectivity index (χ2n) is 7.12. The molecule has 0 spiro atoms. The predicted octanol–water partition coefficient (Wildman–Crippen LogP) is 2.91. The van der Waals surface area contributed by atoms with Crippen molar-refractivity contribution in [3.63, 3.8) is 0 Å². The summed E-state index contributed by atoms with van der Waals surface area (Å²) in [4.78, 5) is 17.5. The van der Waals surface area contributed by atoms with Crippen LogP contribution < -0.4 is 0 Å². The summed E-state index contributed by atoms with van der Waals surface area (Å²) in [6.07, 6.45) is 1.75. The molecule has 24 heavy (non-hydrogen) atoms. The molecular formula is C16H23ClN2O4S. The Hall–Kier alpha value is -1.34. The number of rotatable bonds is 4. The Morgan fingerprint density at radius 2 is 2.12 bits per heavy atom. The number of hydrogen-bond donors (Lipinski definition) is 0. The van der Waals surface area contributed by atoms with Gasteiger partial charge in [-0.15, -0.1) is 0 Å². The second kappa shape index (κ2) is 7.27. The molecule has 8 heteroatoms. The molecular weight excluding hydrogens is 352 g/mol. The molecule has 0 aliphatic carbocycles. The first-order valence-electron chi connectivity index (χ1n) is 7.83. The summed E-state index contributed by atoms with van der Waals surface area (Å²) in [6.45, 7) is 6.36. The number of carbonyl (C=O) groups is 1. The number of nitrogens with zero attached hydrogens (tertiary/aromatic N) is 2. The Morgan fingerprint density at radius 1 is 1.42 bits per heavy atom. The summed E-state index contributed by atoms with van der Waals surface area (Å²) in [5.74, 6) is -0.0857. The minimum atomic E-state index is -3.28. The summed E-state index contributed by atoms with van der Waals surface area (Å²) >= 11 is 5.70. The molecule has 0 radical (unpaired) electrons. The van der Waals surface area contributed by atoms with Crippen molar-refractivity contribution >= 4 is 27.5 Å². The van der Waals surface area contributed by atoms with Crippen LogP contribution in [-0.4, -0.2) is 48.8 Å². The molecule has 1 amide bonds. The molecule has 0 saturated carbocycles. The Labute approximate surface area is 148 Å². The van der Waals surface area contributed by atoms with Gasteiger partial charge in [0.05, 0.1) is 11.5 Å². The van der Waals surface area contributed by atoms with Crippen LogP contribution in [0.2, 0.25) is 5.15 Å². The van der Waals surface area contributed by atoms with Gasteiger partial charge in [-0.2, -0.15) is 0 Å². The molecule has 2 heterocycles. The molecule has 1 saturated heterocycles. The minimum Gasteiger partial charge on any atom is -0.444 e. The van der Waals surface area contributed by atoms with Crippen LogP contribution in [0.15, 0.2) is 18.3 Å². The highest BCUT2D eigenvalue weighted by Gasteiger charge is 2.32. The van der Waals surface area contributed by atoms with Crippen molar-refractivity contribution in [2.75, 3.05) is 18.8 Å². The van der Waals surface area contributed by atoms with E-state index in [4.69, 9.17) is 16.3 Å². The Balaban J connectivity index is 1.89. The van der Waals surface area contributed by atoms with Crippen LogP contribution >= 0.6 is 11.6 Å². The number of sulfone groups is 1. The van der Waals surface area contributed by atoms with Gasteiger partial charge in [0.2, 0.25) is 0 Å². The maximum atomic E-state index is 12.4. The van der Waals surface area contributed by atoms with E-state index in [1.54, 1.807) is 17.0 Å².